The molecule has 0 atom stereocenters. The Morgan fingerprint density at radius 2 is 2.03 bits per heavy atom. The highest BCUT2D eigenvalue weighted by Gasteiger charge is 2.14. The van der Waals surface area contributed by atoms with E-state index in [1.54, 1.807) is 45.0 Å². The first-order valence-corrected chi connectivity index (χ1v) is 10.4. The van der Waals surface area contributed by atoms with Crippen LogP contribution in [0.1, 0.15) is 20.8 Å². The highest BCUT2D eigenvalue weighted by atomic mass is 32.1. The first kappa shape index (κ1) is 23.5. The Morgan fingerprint density at radius 1 is 1.32 bits per heavy atom. The minimum atomic E-state index is -0.628. The van der Waals surface area contributed by atoms with Gasteiger partial charge in [-0.1, -0.05) is 25.8 Å². The molecule has 0 bridgehead atoms. The third-order valence-electron chi connectivity index (χ3n) is 4.15. The highest BCUT2D eigenvalue weighted by Crippen LogP contribution is 2.15. The molecule has 2 amide bonds. The summed E-state index contributed by atoms with van der Waals surface area (Å²) in [6, 6.07) is 8.93. The van der Waals surface area contributed by atoms with Crippen LogP contribution in [-0.2, 0) is 16.1 Å². The molecule has 160 valence electrons. The van der Waals surface area contributed by atoms with Crippen LogP contribution < -0.4 is 30.7 Å². The van der Waals surface area contributed by atoms with E-state index in [0.29, 0.717) is 22.5 Å². The zero-order valence-corrected chi connectivity index (χ0v) is 18.3. The largest absolute Gasteiger partial charge is 0.360 e. The summed E-state index contributed by atoms with van der Waals surface area (Å²) in [4.78, 5) is 36.9. The number of anilines is 2. The molecule has 0 aliphatic heterocycles. The van der Waals surface area contributed by atoms with E-state index >= 15 is 0 Å². The van der Waals surface area contributed by atoms with Crippen molar-refractivity contribution in [2.45, 2.75) is 27.3 Å². The molecule has 0 radical (unpaired) electrons. The summed E-state index contributed by atoms with van der Waals surface area (Å²) in [5, 5.41) is 17.7. The van der Waals surface area contributed by atoms with Gasteiger partial charge in [0.2, 0.25) is 5.91 Å². The number of hydrogen-bond acceptors (Lipinski definition) is 6. The fourth-order valence-corrected chi connectivity index (χ4v) is 3.62. The van der Waals surface area contributed by atoms with E-state index in [2.05, 4.69) is 21.9 Å². The lowest BCUT2D eigenvalue weighted by Crippen LogP contribution is -2.34. The van der Waals surface area contributed by atoms with E-state index in [4.69, 9.17) is 6.42 Å². The molecule has 2 rings (SSSR count). The lowest BCUT2D eigenvalue weighted by Gasteiger charge is -2.09. The van der Waals surface area contributed by atoms with Crippen LogP contribution in [0.15, 0.2) is 29.1 Å². The van der Waals surface area contributed by atoms with E-state index in [-0.39, 0.29) is 34.2 Å². The van der Waals surface area contributed by atoms with Crippen LogP contribution in [-0.4, -0.2) is 22.9 Å². The van der Waals surface area contributed by atoms with Crippen molar-refractivity contribution in [2.75, 3.05) is 17.2 Å². The number of thiazole rings is 1. The number of amides is 2. The van der Waals surface area contributed by atoms with Crippen molar-refractivity contribution in [1.29, 1.82) is 5.26 Å². The number of nitrogens with zero attached hydrogens (tertiary/aromatic N) is 2. The predicted octanol–water partition coefficient (Wildman–Crippen LogP) is 0.798. The number of rotatable bonds is 7. The second-order valence-electron chi connectivity index (χ2n) is 6.71. The normalized spacial score (nSPS) is 12.0. The van der Waals surface area contributed by atoms with E-state index in [1.165, 1.54) is 10.8 Å². The van der Waals surface area contributed by atoms with Crippen LogP contribution in [0, 0.1) is 29.6 Å². The van der Waals surface area contributed by atoms with Crippen LogP contribution in [0.25, 0.3) is 11.8 Å². The second-order valence-corrected chi connectivity index (χ2v) is 7.74. The maximum absolute atomic E-state index is 12.7. The van der Waals surface area contributed by atoms with Gasteiger partial charge in [-0.3, -0.25) is 19.0 Å². The summed E-state index contributed by atoms with van der Waals surface area (Å²) in [6.07, 6.45) is 6.66. The van der Waals surface area contributed by atoms with Crippen molar-refractivity contribution < 1.29 is 9.59 Å². The number of nitriles is 1. The number of terminal acetylenes is 1. The number of benzene rings is 1. The number of aromatic nitrogens is 1. The highest BCUT2D eigenvalue weighted by molar-refractivity contribution is 7.07. The molecule has 0 aliphatic carbocycles. The Hall–Kier alpha value is -3.82. The average Bonchev–Trinajstić information content (AvgIpc) is 3.06. The molecule has 8 nitrogen and oxygen atoms in total. The van der Waals surface area contributed by atoms with Crippen molar-refractivity contribution in [3.05, 3.63) is 43.8 Å². The first-order chi connectivity index (χ1) is 14.8. The minimum absolute atomic E-state index is 0.0179. The van der Waals surface area contributed by atoms with Gasteiger partial charge in [0, 0.05) is 30.0 Å². The van der Waals surface area contributed by atoms with Crippen molar-refractivity contribution >= 4 is 46.3 Å². The smallest absolute Gasteiger partial charge is 0.270 e. The molecule has 0 unspecified atom stereocenters. The lowest BCUT2D eigenvalue weighted by atomic mass is 10.2. The standard InChI is InChI=1S/C22H23N5O3S/c1-5-10-24-20(29)17(12-23)22-27(6-2)21(30)18(31-22)13-25-15-8-7-9-16(11-15)26-19(28)14(3)4/h1,7-9,11,13-14,25H,6,10H2,2-4H3,(H,24,29)(H,26,28)/b18-13+,22-17-. The van der Waals surface area contributed by atoms with E-state index in [1.807, 2.05) is 6.07 Å². The molecule has 9 heteroatoms. The average molecular weight is 438 g/mol. The van der Waals surface area contributed by atoms with Crippen molar-refractivity contribution in [1.82, 2.24) is 9.88 Å². The zero-order chi connectivity index (χ0) is 23.0. The van der Waals surface area contributed by atoms with Gasteiger partial charge < -0.3 is 16.0 Å². The van der Waals surface area contributed by atoms with E-state index < -0.39 is 5.91 Å². The summed E-state index contributed by atoms with van der Waals surface area (Å²) >= 11 is 1.03. The molecule has 2 aromatic rings. The number of carbonyl (C=O) groups is 2. The van der Waals surface area contributed by atoms with Gasteiger partial charge in [0.15, 0.2) is 5.57 Å². The fraction of sp³-hybridized carbons (Fsp3) is 0.273. The lowest BCUT2D eigenvalue weighted by molar-refractivity contribution is -0.119. The number of nitrogens with one attached hydrogen (secondary N) is 3. The molecular weight excluding hydrogens is 414 g/mol. The molecule has 0 saturated carbocycles. The zero-order valence-electron chi connectivity index (χ0n) is 17.5. The predicted molar refractivity (Wildman–Crippen MR) is 122 cm³/mol. The van der Waals surface area contributed by atoms with Gasteiger partial charge in [-0.05, 0) is 25.1 Å². The van der Waals surface area contributed by atoms with Crippen LogP contribution >= 0.6 is 11.3 Å². The third-order valence-corrected chi connectivity index (χ3v) is 5.28. The summed E-state index contributed by atoms with van der Waals surface area (Å²) in [5.74, 6) is 1.40. The van der Waals surface area contributed by atoms with Crippen molar-refractivity contribution in [3.8, 4) is 18.4 Å². The molecule has 0 fully saturated rings. The Bertz CT molecular complexity index is 1240. The topological polar surface area (TPSA) is 116 Å². The molecule has 0 saturated heterocycles. The maximum Gasteiger partial charge on any atom is 0.270 e. The first-order valence-electron chi connectivity index (χ1n) is 9.55. The van der Waals surface area contributed by atoms with Gasteiger partial charge in [-0.25, -0.2) is 0 Å². The van der Waals surface area contributed by atoms with Gasteiger partial charge in [0.25, 0.3) is 11.5 Å². The van der Waals surface area contributed by atoms with Gasteiger partial charge in [-0.15, -0.1) is 17.8 Å². The summed E-state index contributed by atoms with van der Waals surface area (Å²) in [7, 11) is 0. The molecule has 1 aromatic heterocycles. The van der Waals surface area contributed by atoms with Gasteiger partial charge in [0.1, 0.15) is 15.3 Å². The Balaban J connectivity index is 2.43. The second kappa shape index (κ2) is 10.8. The van der Waals surface area contributed by atoms with Gasteiger partial charge >= 0.3 is 0 Å². The molecule has 1 aromatic carbocycles. The van der Waals surface area contributed by atoms with E-state index in [9.17, 15) is 19.6 Å². The molecule has 1 heterocycles. The monoisotopic (exact) mass is 437 g/mol. The molecule has 0 spiro atoms. The van der Waals surface area contributed by atoms with Gasteiger partial charge in [0.05, 0.1) is 6.54 Å². The quantitative estimate of drug-likeness (QED) is 0.554. The molecule has 3 N–H and O–H groups in total. The maximum atomic E-state index is 12.7. The minimum Gasteiger partial charge on any atom is -0.360 e. The van der Waals surface area contributed by atoms with Crippen LogP contribution in [0.5, 0.6) is 0 Å². The molecule has 31 heavy (non-hydrogen) atoms. The Labute approximate surface area is 183 Å². The Morgan fingerprint density at radius 3 is 2.65 bits per heavy atom. The van der Waals surface area contributed by atoms with Crippen molar-refractivity contribution in [3.63, 3.8) is 0 Å². The number of carbonyl (C=O) groups excluding carboxylic acids is 2. The molecule has 0 aliphatic rings. The SMILES string of the molecule is C#CCNC(=O)/C(C#N)=c1\s/c(=C/Nc2cccc(NC(=O)C(C)C)c2)c(=O)n1CC. The molecular formula is C22H23N5O3S. The summed E-state index contributed by atoms with van der Waals surface area (Å²) in [5.41, 5.74) is 0.796. The van der Waals surface area contributed by atoms with E-state index in [0.717, 1.165) is 11.3 Å². The fourth-order valence-electron chi connectivity index (χ4n) is 2.53. The summed E-state index contributed by atoms with van der Waals surface area (Å²) in [6.45, 7) is 5.64. The van der Waals surface area contributed by atoms with Crippen LogP contribution in [0.4, 0.5) is 11.4 Å². The third kappa shape index (κ3) is 5.84. The Kier molecular flexibility index (Phi) is 8.18. The van der Waals surface area contributed by atoms with Gasteiger partial charge in [-0.2, -0.15) is 5.26 Å². The van der Waals surface area contributed by atoms with Crippen molar-refractivity contribution in [2.24, 2.45) is 5.92 Å². The number of hydrogen-bond donors (Lipinski definition) is 3. The van der Waals surface area contributed by atoms with Crippen LogP contribution in [0.2, 0.25) is 0 Å². The van der Waals surface area contributed by atoms with Crippen LogP contribution in [0.3, 0.4) is 0 Å². The summed E-state index contributed by atoms with van der Waals surface area (Å²) < 4.78 is 1.95.